The summed E-state index contributed by atoms with van der Waals surface area (Å²) in [7, 11) is 0. The average Bonchev–Trinajstić information content (AvgIpc) is 0.749. The van der Waals surface area contributed by atoms with E-state index in [-0.39, 0.29) is 85.8 Å². The lowest BCUT2D eigenvalue weighted by molar-refractivity contribution is 0.423. The molecule has 0 heterocycles. The van der Waals surface area contributed by atoms with Crippen molar-refractivity contribution in [2.45, 2.75) is 315 Å². The molecule has 4 atom stereocenters. The van der Waals surface area contributed by atoms with Crippen LogP contribution in [0.1, 0.15) is 376 Å². The van der Waals surface area contributed by atoms with Crippen LogP contribution in [0.15, 0.2) is 168 Å². The summed E-state index contributed by atoms with van der Waals surface area (Å²) in [5, 5.41) is 180. The Morgan fingerprint density at radius 3 is 0.694 bits per heavy atom. The molecule has 0 aromatic heterocycles. The Hall–Kier alpha value is -11.5. The van der Waals surface area contributed by atoms with E-state index in [1.54, 1.807) is 115 Å². The predicted octanol–water partition coefficient (Wildman–Crippen LogP) is 31.7. The first kappa shape index (κ1) is 95.0. The van der Waals surface area contributed by atoms with Gasteiger partial charge >= 0.3 is 0 Å². The second-order valence-corrected chi connectivity index (χ2v) is 32.6. The third-order valence-electron chi connectivity index (χ3n) is 23.4. The van der Waals surface area contributed by atoms with Gasteiger partial charge in [-0.2, -0.15) is 41.5 Å². The van der Waals surface area contributed by atoms with Crippen molar-refractivity contribution in [3.8, 4) is 70.3 Å². The molecular weight excluding hydrogens is 1510 g/mol. The third kappa shape index (κ3) is 29.2. The molecule has 4 unspecified atom stereocenters. The van der Waals surface area contributed by atoms with Crippen LogP contribution in [-0.2, 0) is 0 Å². The van der Waals surface area contributed by atoms with E-state index in [0.29, 0.717) is 83.3 Å². The van der Waals surface area contributed by atoms with Crippen molar-refractivity contribution >= 4 is 45.5 Å². The molecular formula is C101H128N12O8. The fourth-order valence-electron chi connectivity index (χ4n) is 16.2. The Morgan fingerprint density at radius 2 is 0.438 bits per heavy atom. The van der Waals surface area contributed by atoms with Gasteiger partial charge in [-0.15, -0.1) is 20.5 Å². The maximum absolute atomic E-state index is 13.7. The first-order valence-electron chi connectivity index (χ1n) is 45.0. The van der Waals surface area contributed by atoms with Gasteiger partial charge in [0.25, 0.3) is 0 Å². The van der Waals surface area contributed by atoms with Crippen molar-refractivity contribution in [1.29, 1.82) is 21.0 Å². The van der Waals surface area contributed by atoms with Crippen molar-refractivity contribution in [2.75, 3.05) is 0 Å². The molecule has 0 aliphatic heterocycles. The highest BCUT2D eigenvalue weighted by atomic mass is 16.3. The number of nitrogens with zero attached hydrogens (tertiary/aromatic N) is 12. The van der Waals surface area contributed by atoms with E-state index in [0.717, 1.165) is 167 Å². The van der Waals surface area contributed by atoms with Crippen molar-refractivity contribution < 1.29 is 40.9 Å². The van der Waals surface area contributed by atoms with E-state index in [9.17, 15) is 61.9 Å². The molecule has 0 radical (unpaired) electrons. The largest absolute Gasteiger partial charge is 0.505 e. The topological polar surface area (TPSA) is 356 Å². The molecule has 0 bridgehead atoms. The van der Waals surface area contributed by atoms with E-state index in [1.165, 1.54) is 51.0 Å². The monoisotopic (exact) mass is 1640 g/mol. The number of aromatic hydroxyl groups is 8. The highest BCUT2D eigenvalue weighted by molar-refractivity contribution is 5.76. The van der Waals surface area contributed by atoms with Crippen LogP contribution >= 0.6 is 0 Å². The van der Waals surface area contributed by atoms with Crippen molar-refractivity contribution in [3.05, 3.63) is 189 Å². The smallest absolute Gasteiger partial charge is 0.169 e. The second kappa shape index (κ2) is 52.5. The normalized spacial score (nSPS) is 12.6. The molecule has 0 saturated carbocycles. The van der Waals surface area contributed by atoms with Crippen LogP contribution in [0.3, 0.4) is 0 Å². The van der Waals surface area contributed by atoms with Crippen LogP contribution in [0.2, 0.25) is 0 Å². The highest BCUT2D eigenvalue weighted by Gasteiger charge is 2.36. The number of hydrogen-bond acceptors (Lipinski definition) is 20. The van der Waals surface area contributed by atoms with E-state index in [4.69, 9.17) is 10.2 Å². The zero-order valence-corrected chi connectivity index (χ0v) is 72.2. The van der Waals surface area contributed by atoms with Gasteiger partial charge in [0.15, 0.2) is 57.2 Å². The summed E-state index contributed by atoms with van der Waals surface area (Å²) in [4.78, 5) is 0. The van der Waals surface area contributed by atoms with Gasteiger partial charge in [-0.05, 0) is 158 Å². The number of azo groups is 4. The van der Waals surface area contributed by atoms with Crippen LogP contribution < -0.4 is 0 Å². The first-order valence-corrected chi connectivity index (χ1v) is 45.0. The van der Waals surface area contributed by atoms with Gasteiger partial charge in [-0.3, -0.25) is 0 Å². The predicted molar refractivity (Wildman–Crippen MR) is 482 cm³/mol. The third-order valence-corrected chi connectivity index (χ3v) is 23.4. The van der Waals surface area contributed by atoms with Crippen LogP contribution in [0.25, 0.3) is 0 Å². The minimum atomic E-state index is -1.07. The van der Waals surface area contributed by atoms with Gasteiger partial charge in [-0.1, -0.05) is 272 Å². The lowest BCUT2D eigenvalue weighted by Gasteiger charge is -2.28. The molecule has 121 heavy (non-hydrogen) atoms. The minimum Gasteiger partial charge on any atom is -0.505 e. The van der Waals surface area contributed by atoms with Gasteiger partial charge in [0.2, 0.25) is 0 Å². The maximum Gasteiger partial charge on any atom is 0.169 e. The van der Waals surface area contributed by atoms with E-state index < -0.39 is 52.3 Å². The van der Waals surface area contributed by atoms with Crippen molar-refractivity contribution in [2.24, 2.45) is 40.9 Å². The van der Waals surface area contributed by atoms with Gasteiger partial charge in [0.05, 0.1) is 69.3 Å². The molecule has 8 N–H and O–H groups in total. The Labute approximate surface area is 718 Å². The standard InChI is InChI=1S/C101H128N12O8/c1-6-10-14-18-22-26-30-34-38-42-71(5)84-64-85(97(117)92(96(84)116)111-107-77-56-48-73(68-103)49-57-77)81(44-40-36-32-28-24-20-16-12-8-3)88-66-89(101(121)94(100(88)120)113-109-79-60-52-75(70-105)53-61-79)82(45-41-37-33-29-25-21-17-13-9-4)87-65-86(98(118)93(99(87)119)112-108-78-58-50-74(69-104)51-59-78)80(43-39-35-31-27-23-19-15-11-7-2)83-62-63-90(114)91(95(83)115)110-106-76-54-46-72(67-102)47-55-76/h46-66,71,80-82,114-121H,6-45H2,1-5H3. The minimum absolute atomic E-state index is 0.167. The lowest BCUT2D eigenvalue weighted by atomic mass is 9.77. The average molecular weight is 1640 g/mol. The quantitative estimate of drug-likeness (QED) is 0.0130. The summed E-state index contributed by atoms with van der Waals surface area (Å²) in [5.74, 6) is -6.69. The Balaban J connectivity index is 1.44. The molecule has 0 aliphatic rings. The maximum atomic E-state index is 13.7. The number of benzene rings is 8. The summed E-state index contributed by atoms with van der Waals surface area (Å²) in [6.07, 6.45) is 38.0. The number of unbranched alkanes of at least 4 members (excludes halogenated alkanes) is 32. The number of rotatable bonds is 55. The lowest BCUT2D eigenvalue weighted by Crippen LogP contribution is -2.10. The number of hydrogen-bond donors (Lipinski definition) is 8. The number of phenols is 8. The fraction of sp³-hybridized carbons (Fsp3) is 0.485. The summed E-state index contributed by atoms with van der Waals surface area (Å²) >= 11 is 0. The molecule has 0 saturated heterocycles. The molecule has 640 valence electrons. The first-order chi connectivity index (χ1) is 59.0. The van der Waals surface area contributed by atoms with Crippen LogP contribution in [-0.4, -0.2) is 40.9 Å². The van der Waals surface area contributed by atoms with E-state index in [1.807, 2.05) is 6.07 Å². The summed E-state index contributed by atoms with van der Waals surface area (Å²) in [5.41, 5.74) is 3.44. The Bertz CT molecular complexity index is 4820. The molecule has 0 amide bonds. The van der Waals surface area contributed by atoms with Crippen LogP contribution in [0.4, 0.5) is 45.5 Å². The fourth-order valence-corrected chi connectivity index (χ4v) is 16.2. The van der Waals surface area contributed by atoms with E-state index in [2.05, 4.69) is 89.6 Å². The molecule has 8 aromatic carbocycles. The van der Waals surface area contributed by atoms with Crippen molar-refractivity contribution in [3.63, 3.8) is 0 Å². The molecule has 8 aromatic rings. The molecule has 20 nitrogen and oxygen atoms in total. The van der Waals surface area contributed by atoms with Gasteiger partial charge in [-0.25, -0.2) is 0 Å². The zero-order chi connectivity index (χ0) is 86.5. The van der Waals surface area contributed by atoms with Crippen LogP contribution in [0.5, 0.6) is 46.0 Å². The molecule has 20 heteroatoms. The summed E-state index contributed by atoms with van der Waals surface area (Å²) in [6.45, 7) is 10.9. The summed E-state index contributed by atoms with van der Waals surface area (Å²) < 4.78 is 0. The molecule has 0 fully saturated rings. The molecule has 0 aliphatic carbocycles. The van der Waals surface area contributed by atoms with Crippen LogP contribution in [0, 0.1) is 45.3 Å². The Kier molecular flexibility index (Phi) is 41.3. The highest BCUT2D eigenvalue weighted by Crippen LogP contribution is 2.58. The second-order valence-electron chi connectivity index (χ2n) is 32.6. The number of nitriles is 4. The SMILES string of the molecule is CCCCCCCCCCCC(C)c1cc(C(CCCCCCCCCCC)c2cc(C(CCCCCCCCCCC)c3cc(C(CCCCCCCCCCC)c4ccc(O)c(N=Nc5ccc(C#N)cc5)c4O)c(O)c(N=Nc4ccc(C#N)cc4)c3O)c(O)c(N=Nc3ccc(C#N)cc3)c2O)c(O)c(N=Nc2ccc(C#N)cc2)c1O. The van der Waals surface area contributed by atoms with Gasteiger partial charge in [0, 0.05) is 51.1 Å². The van der Waals surface area contributed by atoms with Gasteiger partial charge < -0.3 is 40.9 Å². The summed E-state index contributed by atoms with van der Waals surface area (Å²) in [6, 6.07) is 42.3. The molecule has 8 rings (SSSR count). The van der Waals surface area contributed by atoms with E-state index >= 15 is 0 Å². The zero-order valence-electron chi connectivity index (χ0n) is 72.2. The molecule has 0 spiro atoms. The number of phenolic OH excluding ortho intramolecular Hbond substituents is 8. The Morgan fingerprint density at radius 1 is 0.231 bits per heavy atom. The van der Waals surface area contributed by atoms with Gasteiger partial charge in [0.1, 0.15) is 11.5 Å². The van der Waals surface area contributed by atoms with Crippen molar-refractivity contribution in [1.82, 2.24) is 0 Å².